The first-order chi connectivity index (χ1) is 8.56. The van der Waals surface area contributed by atoms with Gasteiger partial charge in [-0.05, 0) is 19.8 Å². The van der Waals surface area contributed by atoms with Gasteiger partial charge in [0, 0.05) is 12.8 Å². The molecule has 0 amide bonds. The van der Waals surface area contributed by atoms with E-state index in [1.807, 2.05) is 0 Å². The highest BCUT2D eigenvalue weighted by Crippen LogP contribution is 2.08. The lowest BCUT2D eigenvalue weighted by atomic mass is 10.1. The van der Waals surface area contributed by atoms with Crippen LogP contribution in [0.5, 0.6) is 0 Å². The van der Waals surface area contributed by atoms with Gasteiger partial charge in [0.1, 0.15) is 18.5 Å². The van der Waals surface area contributed by atoms with Gasteiger partial charge >= 0.3 is 5.97 Å². The molecule has 18 heavy (non-hydrogen) atoms. The second kappa shape index (κ2) is 11.2. The number of hydrogen-bond donors (Lipinski definition) is 2. The number of carbonyl (C=O) groups is 2. The molecule has 1 unspecified atom stereocenters. The number of carbonyl (C=O) groups excluding carboxylic acids is 2. The topological polar surface area (TPSA) is 83.8 Å². The van der Waals surface area contributed by atoms with Gasteiger partial charge in [0.15, 0.2) is 0 Å². The maximum absolute atomic E-state index is 11.2. The molecule has 5 heteroatoms. The number of aliphatic hydroxyl groups excluding tert-OH is 2. The summed E-state index contributed by atoms with van der Waals surface area (Å²) in [5.74, 6) is -0.118. The fourth-order valence-corrected chi connectivity index (χ4v) is 1.49. The fraction of sp³-hybridized carbons (Fsp3) is 0.846. The molecule has 2 N–H and O–H groups in total. The Balaban J connectivity index is 3.27. The van der Waals surface area contributed by atoms with E-state index in [0.29, 0.717) is 12.8 Å². The molecule has 0 rings (SSSR count). The molecule has 0 radical (unpaired) electrons. The quantitative estimate of drug-likeness (QED) is 0.431. The third kappa shape index (κ3) is 11.5. The first-order valence-corrected chi connectivity index (χ1v) is 6.50. The summed E-state index contributed by atoms with van der Waals surface area (Å²) in [5.41, 5.74) is 0. The third-order valence-electron chi connectivity index (χ3n) is 2.56. The van der Waals surface area contributed by atoms with Gasteiger partial charge in [-0.25, -0.2) is 0 Å². The molecule has 0 spiro atoms. The Morgan fingerprint density at radius 2 is 1.61 bits per heavy atom. The molecule has 5 nitrogen and oxygen atoms in total. The van der Waals surface area contributed by atoms with Crippen LogP contribution in [-0.4, -0.2) is 41.3 Å². The molecular weight excluding hydrogens is 236 g/mol. The summed E-state index contributed by atoms with van der Waals surface area (Å²) in [4.78, 5) is 21.9. The van der Waals surface area contributed by atoms with E-state index in [-0.39, 0.29) is 18.4 Å². The zero-order valence-electron chi connectivity index (χ0n) is 11.1. The van der Waals surface area contributed by atoms with Crippen molar-refractivity contribution in [2.24, 2.45) is 0 Å². The second-order valence-electron chi connectivity index (χ2n) is 4.49. The molecule has 0 aliphatic rings. The minimum Gasteiger partial charge on any atom is -0.463 e. The van der Waals surface area contributed by atoms with Crippen molar-refractivity contribution in [2.45, 2.75) is 58.0 Å². The Morgan fingerprint density at radius 1 is 1.06 bits per heavy atom. The highest BCUT2D eigenvalue weighted by molar-refractivity contribution is 5.75. The Morgan fingerprint density at radius 3 is 2.17 bits per heavy atom. The summed E-state index contributed by atoms with van der Waals surface area (Å²) in [7, 11) is 0. The lowest BCUT2D eigenvalue weighted by Crippen LogP contribution is -2.21. The predicted octanol–water partition coefficient (Wildman–Crippen LogP) is 1.20. The van der Waals surface area contributed by atoms with Gasteiger partial charge in [0.05, 0.1) is 6.61 Å². The summed E-state index contributed by atoms with van der Waals surface area (Å²) in [6.07, 6.45) is 4.64. The first kappa shape index (κ1) is 17.1. The number of aliphatic hydroxyl groups is 2. The molecule has 0 fully saturated rings. The van der Waals surface area contributed by atoms with Crippen molar-refractivity contribution in [3.63, 3.8) is 0 Å². The van der Waals surface area contributed by atoms with Crippen LogP contribution >= 0.6 is 0 Å². The van der Waals surface area contributed by atoms with Crippen molar-refractivity contribution in [3.8, 4) is 0 Å². The van der Waals surface area contributed by atoms with Crippen molar-refractivity contribution in [1.82, 2.24) is 0 Å². The maximum Gasteiger partial charge on any atom is 0.305 e. The van der Waals surface area contributed by atoms with Crippen LogP contribution in [0, 0.1) is 0 Å². The van der Waals surface area contributed by atoms with Crippen LogP contribution in [0.1, 0.15) is 51.9 Å². The molecule has 0 bridgehead atoms. The molecule has 0 aliphatic carbocycles. The SMILES string of the molecule is CC(=O)CCCCCCCC(=O)OCC(O)CO. The van der Waals surface area contributed by atoms with Crippen LogP contribution in [0.15, 0.2) is 0 Å². The van der Waals surface area contributed by atoms with Gasteiger partial charge in [0.2, 0.25) is 0 Å². The van der Waals surface area contributed by atoms with Crippen LogP contribution in [0.3, 0.4) is 0 Å². The van der Waals surface area contributed by atoms with E-state index in [0.717, 1.165) is 32.1 Å². The number of ketones is 1. The zero-order chi connectivity index (χ0) is 13.8. The molecule has 0 aromatic heterocycles. The Bertz CT molecular complexity index is 240. The zero-order valence-corrected chi connectivity index (χ0v) is 11.1. The summed E-state index contributed by atoms with van der Waals surface area (Å²) >= 11 is 0. The van der Waals surface area contributed by atoms with Gasteiger partial charge < -0.3 is 19.7 Å². The molecule has 0 aromatic carbocycles. The van der Waals surface area contributed by atoms with Crippen LogP contribution in [0.25, 0.3) is 0 Å². The predicted molar refractivity (Wildman–Crippen MR) is 67.1 cm³/mol. The average Bonchev–Trinajstić information content (AvgIpc) is 2.34. The van der Waals surface area contributed by atoms with Crippen LogP contribution in [-0.2, 0) is 14.3 Å². The highest BCUT2D eigenvalue weighted by atomic mass is 16.5. The number of unbranched alkanes of at least 4 members (excludes halogenated alkanes) is 4. The van der Waals surface area contributed by atoms with Gasteiger partial charge in [-0.2, -0.15) is 0 Å². The normalized spacial score (nSPS) is 12.2. The van der Waals surface area contributed by atoms with E-state index < -0.39 is 12.7 Å². The summed E-state index contributed by atoms with van der Waals surface area (Å²) in [6.45, 7) is 1.05. The lowest BCUT2D eigenvalue weighted by Gasteiger charge is -2.08. The fourth-order valence-electron chi connectivity index (χ4n) is 1.49. The van der Waals surface area contributed by atoms with Gasteiger partial charge in [-0.3, -0.25) is 4.79 Å². The first-order valence-electron chi connectivity index (χ1n) is 6.50. The van der Waals surface area contributed by atoms with Gasteiger partial charge in [0.25, 0.3) is 0 Å². The summed E-state index contributed by atoms with van der Waals surface area (Å²) in [6, 6.07) is 0. The monoisotopic (exact) mass is 260 g/mol. The van der Waals surface area contributed by atoms with Crippen molar-refractivity contribution in [1.29, 1.82) is 0 Å². The Labute approximate surface area is 108 Å². The molecule has 106 valence electrons. The molecular formula is C13H24O5. The second-order valence-corrected chi connectivity index (χ2v) is 4.49. The Hall–Kier alpha value is -0.940. The van der Waals surface area contributed by atoms with Crippen LogP contribution in [0.4, 0.5) is 0 Å². The minimum atomic E-state index is -0.986. The molecule has 1 atom stereocenters. The number of Topliss-reactive ketones (excluding diaryl/α,β-unsaturated/α-hetero) is 1. The van der Waals surface area contributed by atoms with Gasteiger partial charge in [-0.1, -0.05) is 19.3 Å². The van der Waals surface area contributed by atoms with Crippen molar-refractivity contribution < 1.29 is 24.5 Å². The highest BCUT2D eigenvalue weighted by Gasteiger charge is 2.07. The number of esters is 1. The van der Waals surface area contributed by atoms with E-state index in [1.54, 1.807) is 6.92 Å². The van der Waals surface area contributed by atoms with Crippen LogP contribution in [0.2, 0.25) is 0 Å². The minimum absolute atomic E-state index is 0.145. The lowest BCUT2D eigenvalue weighted by molar-refractivity contribution is -0.147. The standard InChI is InChI=1S/C13H24O5/c1-11(15)7-5-3-2-4-6-8-13(17)18-10-12(16)9-14/h12,14,16H,2-10H2,1H3. The third-order valence-corrected chi connectivity index (χ3v) is 2.56. The molecule has 0 saturated heterocycles. The summed E-state index contributed by atoms with van der Waals surface area (Å²) in [5, 5.41) is 17.5. The number of rotatable bonds is 11. The summed E-state index contributed by atoms with van der Waals surface area (Å²) < 4.78 is 4.76. The van der Waals surface area contributed by atoms with E-state index in [9.17, 15) is 9.59 Å². The smallest absolute Gasteiger partial charge is 0.305 e. The molecule has 0 heterocycles. The van der Waals surface area contributed by atoms with Crippen molar-refractivity contribution in [3.05, 3.63) is 0 Å². The molecule has 0 aliphatic heterocycles. The largest absolute Gasteiger partial charge is 0.463 e. The van der Waals surface area contributed by atoms with E-state index in [1.165, 1.54) is 0 Å². The maximum atomic E-state index is 11.2. The molecule has 0 aromatic rings. The van der Waals surface area contributed by atoms with Gasteiger partial charge in [-0.15, -0.1) is 0 Å². The Kier molecular flexibility index (Phi) is 10.6. The van der Waals surface area contributed by atoms with Crippen molar-refractivity contribution in [2.75, 3.05) is 13.2 Å². The van der Waals surface area contributed by atoms with E-state index in [2.05, 4.69) is 0 Å². The van der Waals surface area contributed by atoms with E-state index >= 15 is 0 Å². The van der Waals surface area contributed by atoms with Crippen LogP contribution < -0.4 is 0 Å². The van der Waals surface area contributed by atoms with E-state index in [4.69, 9.17) is 14.9 Å². The van der Waals surface area contributed by atoms with Crippen molar-refractivity contribution >= 4 is 11.8 Å². The molecule has 0 saturated carbocycles. The number of ether oxygens (including phenoxy) is 1. The number of hydrogen-bond acceptors (Lipinski definition) is 5. The average molecular weight is 260 g/mol.